The predicted molar refractivity (Wildman–Crippen MR) is 126 cm³/mol. The fraction of sp³-hybridized carbons (Fsp3) is 0.481. The van der Waals surface area contributed by atoms with E-state index < -0.39 is 6.04 Å². The number of carbonyl (C=O) groups is 2. The molecular weight excluding hydrogens is 384 g/mol. The Kier molecular flexibility index (Phi) is 7.89. The normalized spacial score (nSPS) is 15.4. The van der Waals surface area contributed by atoms with Crippen LogP contribution in [0.5, 0.6) is 0 Å². The fourth-order valence-corrected chi connectivity index (χ4v) is 4.41. The topological polar surface area (TPSA) is 49.4 Å². The highest BCUT2D eigenvalue weighted by atomic mass is 16.2. The van der Waals surface area contributed by atoms with Gasteiger partial charge in [0, 0.05) is 12.6 Å². The monoisotopic (exact) mass is 420 g/mol. The first-order valence-electron chi connectivity index (χ1n) is 11.5. The molecule has 0 unspecified atom stereocenters. The van der Waals surface area contributed by atoms with Crippen LogP contribution in [0.4, 0.5) is 0 Å². The van der Waals surface area contributed by atoms with E-state index >= 15 is 0 Å². The Morgan fingerprint density at radius 1 is 1.00 bits per heavy atom. The average Bonchev–Trinajstić information content (AvgIpc) is 2.75. The van der Waals surface area contributed by atoms with E-state index in [1.54, 1.807) is 4.90 Å². The van der Waals surface area contributed by atoms with Gasteiger partial charge < -0.3 is 10.2 Å². The molecule has 0 radical (unpaired) electrons. The lowest BCUT2D eigenvalue weighted by Gasteiger charge is -2.31. The summed E-state index contributed by atoms with van der Waals surface area (Å²) in [4.78, 5) is 28.3. The molecule has 31 heavy (non-hydrogen) atoms. The largest absolute Gasteiger partial charge is 0.352 e. The number of nitrogens with one attached hydrogen (secondary N) is 1. The molecule has 2 aromatic carbocycles. The molecule has 0 saturated heterocycles. The van der Waals surface area contributed by atoms with Crippen LogP contribution < -0.4 is 5.32 Å². The molecule has 2 aromatic rings. The van der Waals surface area contributed by atoms with Gasteiger partial charge in [0.1, 0.15) is 6.04 Å². The first-order valence-corrected chi connectivity index (χ1v) is 11.5. The maximum atomic E-state index is 13.4. The number of carbonyl (C=O) groups excluding carboxylic acids is 2. The summed E-state index contributed by atoms with van der Waals surface area (Å²) in [6.45, 7) is 8.41. The molecule has 0 spiro atoms. The summed E-state index contributed by atoms with van der Waals surface area (Å²) >= 11 is 0. The molecule has 1 N–H and O–H groups in total. The van der Waals surface area contributed by atoms with Crippen molar-refractivity contribution in [3.8, 4) is 0 Å². The van der Waals surface area contributed by atoms with Gasteiger partial charge in [0.2, 0.25) is 11.8 Å². The molecule has 2 amide bonds. The highest BCUT2D eigenvalue weighted by Gasteiger charge is 2.28. The number of hydrogen-bond donors (Lipinski definition) is 1. The molecule has 0 aromatic heterocycles. The molecule has 4 nitrogen and oxygen atoms in total. The maximum absolute atomic E-state index is 13.4. The Hall–Kier alpha value is -2.62. The van der Waals surface area contributed by atoms with Crippen molar-refractivity contribution in [3.63, 3.8) is 0 Å². The molecule has 1 aliphatic rings. The number of nitrogens with zero attached hydrogens (tertiary/aromatic N) is 1. The van der Waals surface area contributed by atoms with Crippen LogP contribution in [0.15, 0.2) is 42.5 Å². The Morgan fingerprint density at radius 2 is 1.71 bits per heavy atom. The molecule has 1 aliphatic carbocycles. The van der Waals surface area contributed by atoms with Gasteiger partial charge in [0.05, 0.1) is 6.42 Å². The highest BCUT2D eigenvalue weighted by Crippen LogP contribution is 2.19. The molecule has 1 atom stereocenters. The zero-order valence-electron chi connectivity index (χ0n) is 19.4. The summed E-state index contributed by atoms with van der Waals surface area (Å²) in [5.74, 6) is -0.0598. The smallest absolute Gasteiger partial charge is 0.242 e. The van der Waals surface area contributed by atoms with Crippen LogP contribution in [0.25, 0.3) is 0 Å². The van der Waals surface area contributed by atoms with Crippen molar-refractivity contribution >= 4 is 11.8 Å². The fourth-order valence-electron chi connectivity index (χ4n) is 4.41. The number of rotatable bonds is 7. The molecule has 4 heteroatoms. The van der Waals surface area contributed by atoms with E-state index in [2.05, 4.69) is 29.6 Å². The zero-order chi connectivity index (χ0) is 22.4. The van der Waals surface area contributed by atoms with E-state index in [1.165, 1.54) is 6.42 Å². The third kappa shape index (κ3) is 6.43. The standard InChI is InChI=1S/C27H36N2O2/c1-19-9-8-10-23(15-19)18-29(22(4)27(31)28-25-11-6-5-7-12-25)26(30)17-24-16-20(2)13-14-21(24)3/h8-10,13-16,22,25H,5-7,11-12,17-18H2,1-4H3,(H,28,31)/t22-/m1/s1. The number of hydrogen-bond acceptors (Lipinski definition) is 2. The van der Waals surface area contributed by atoms with Crippen molar-refractivity contribution in [2.45, 2.75) is 84.8 Å². The van der Waals surface area contributed by atoms with Crippen LogP contribution in [0.2, 0.25) is 0 Å². The highest BCUT2D eigenvalue weighted by molar-refractivity contribution is 5.88. The lowest BCUT2D eigenvalue weighted by molar-refractivity contribution is -0.140. The van der Waals surface area contributed by atoms with Crippen molar-refractivity contribution < 1.29 is 9.59 Å². The van der Waals surface area contributed by atoms with E-state index in [0.717, 1.165) is 53.5 Å². The Bertz CT molecular complexity index is 915. The van der Waals surface area contributed by atoms with E-state index in [1.807, 2.05) is 45.9 Å². The number of benzene rings is 2. The van der Waals surface area contributed by atoms with Gasteiger partial charge in [-0.05, 0) is 57.2 Å². The van der Waals surface area contributed by atoms with Gasteiger partial charge in [0.15, 0.2) is 0 Å². The van der Waals surface area contributed by atoms with Crippen molar-refractivity contribution in [2.75, 3.05) is 0 Å². The van der Waals surface area contributed by atoms with Crippen molar-refractivity contribution in [3.05, 3.63) is 70.3 Å². The summed E-state index contributed by atoms with van der Waals surface area (Å²) in [6.07, 6.45) is 5.95. The lowest BCUT2D eigenvalue weighted by atomic mass is 9.95. The van der Waals surface area contributed by atoms with Gasteiger partial charge in [-0.15, -0.1) is 0 Å². The maximum Gasteiger partial charge on any atom is 0.242 e. The first-order chi connectivity index (χ1) is 14.8. The van der Waals surface area contributed by atoms with Crippen LogP contribution in [0, 0.1) is 20.8 Å². The Labute approximate surface area is 187 Å². The zero-order valence-corrected chi connectivity index (χ0v) is 19.4. The first kappa shape index (κ1) is 23.1. The second-order valence-corrected chi connectivity index (χ2v) is 9.14. The van der Waals surface area contributed by atoms with Crippen LogP contribution in [0.1, 0.15) is 66.8 Å². The van der Waals surface area contributed by atoms with Crippen LogP contribution in [0.3, 0.4) is 0 Å². The minimum absolute atomic E-state index is 0.0125. The molecule has 1 saturated carbocycles. The van der Waals surface area contributed by atoms with Gasteiger partial charge in [-0.1, -0.05) is 72.9 Å². The minimum Gasteiger partial charge on any atom is -0.352 e. The van der Waals surface area contributed by atoms with Crippen LogP contribution in [-0.4, -0.2) is 28.8 Å². The average molecular weight is 421 g/mol. The molecular formula is C27H36N2O2. The summed E-state index contributed by atoms with van der Waals surface area (Å²) in [7, 11) is 0. The third-order valence-electron chi connectivity index (χ3n) is 6.40. The number of aryl methyl sites for hydroxylation is 3. The van der Waals surface area contributed by atoms with Gasteiger partial charge in [0.25, 0.3) is 0 Å². The molecule has 0 bridgehead atoms. The van der Waals surface area contributed by atoms with Crippen molar-refractivity contribution in [2.24, 2.45) is 0 Å². The van der Waals surface area contributed by atoms with Gasteiger partial charge >= 0.3 is 0 Å². The summed E-state index contributed by atoms with van der Waals surface area (Å²) in [5, 5.41) is 3.20. The SMILES string of the molecule is Cc1cccc(CN(C(=O)Cc2cc(C)ccc2C)[C@H](C)C(=O)NC2CCCCC2)c1. The second-order valence-electron chi connectivity index (χ2n) is 9.14. The predicted octanol–water partition coefficient (Wildman–Crippen LogP) is 5.02. The van der Waals surface area contributed by atoms with E-state index in [9.17, 15) is 9.59 Å². The van der Waals surface area contributed by atoms with Crippen LogP contribution in [-0.2, 0) is 22.6 Å². The third-order valence-corrected chi connectivity index (χ3v) is 6.40. The number of amides is 2. The minimum atomic E-state index is -0.514. The van der Waals surface area contributed by atoms with Crippen molar-refractivity contribution in [1.29, 1.82) is 0 Å². The molecule has 166 valence electrons. The molecule has 3 rings (SSSR count). The molecule has 0 aliphatic heterocycles. The van der Waals surface area contributed by atoms with Crippen LogP contribution >= 0.6 is 0 Å². The summed E-state index contributed by atoms with van der Waals surface area (Å²) in [6, 6.07) is 14.1. The van der Waals surface area contributed by atoms with E-state index in [-0.39, 0.29) is 17.9 Å². The summed E-state index contributed by atoms with van der Waals surface area (Å²) in [5.41, 5.74) is 5.47. The summed E-state index contributed by atoms with van der Waals surface area (Å²) < 4.78 is 0. The van der Waals surface area contributed by atoms with Crippen molar-refractivity contribution in [1.82, 2.24) is 10.2 Å². The Morgan fingerprint density at radius 3 is 2.42 bits per heavy atom. The van der Waals surface area contributed by atoms with Gasteiger partial charge in [-0.25, -0.2) is 0 Å². The Balaban J connectivity index is 1.79. The molecule has 0 heterocycles. The van der Waals surface area contributed by atoms with E-state index in [0.29, 0.717) is 13.0 Å². The molecule has 1 fully saturated rings. The quantitative estimate of drug-likeness (QED) is 0.684. The second kappa shape index (κ2) is 10.6. The van der Waals surface area contributed by atoms with E-state index in [4.69, 9.17) is 0 Å². The van der Waals surface area contributed by atoms with Gasteiger partial charge in [-0.2, -0.15) is 0 Å². The van der Waals surface area contributed by atoms with Gasteiger partial charge in [-0.3, -0.25) is 9.59 Å². The lowest BCUT2D eigenvalue weighted by Crippen LogP contribution is -2.50.